The lowest BCUT2D eigenvalue weighted by molar-refractivity contribution is 0.102. The van der Waals surface area contributed by atoms with Crippen LogP contribution in [0.25, 0.3) is 0 Å². The van der Waals surface area contributed by atoms with E-state index < -0.39 is 0 Å². The third-order valence-corrected chi connectivity index (χ3v) is 3.98. The van der Waals surface area contributed by atoms with Gasteiger partial charge in [-0.05, 0) is 43.7 Å². The number of anilines is 1. The normalized spacial score (nSPS) is 11.3. The lowest BCUT2D eigenvalue weighted by Gasteiger charge is -2.08. The molecule has 21 heavy (non-hydrogen) atoms. The van der Waals surface area contributed by atoms with Gasteiger partial charge in [-0.25, -0.2) is 0 Å². The zero-order valence-corrected chi connectivity index (χ0v) is 13.3. The second-order valence-electron chi connectivity index (χ2n) is 4.68. The van der Waals surface area contributed by atoms with Gasteiger partial charge in [-0.1, -0.05) is 39.3 Å². The Hall–Kier alpha value is -2.14. The van der Waals surface area contributed by atoms with Crippen LogP contribution in [0.2, 0.25) is 0 Å². The summed E-state index contributed by atoms with van der Waals surface area (Å²) in [7, 11) is 0. The summed E-state index contributed by atoms with van der Waals surface area (Å²) < 4.78 is 0.896. The van der Waals surface area contributed by atoms with Crippen LogP contribution in [-0.4, -0.2) is 16.8 Å². The minimum absolute atomic E-state index is 0.188. The minimum Gasteiger partial charge on any atom is -0.411 e. The van der Waals surface area contributed by atoms with Crippen LogP contribution in [0.5, 0.6) is 0 Å². The van der Waals surface area contributed by atoms with E-state index in [9.17, 15) is 4.79 Å². The molecule has 0 saturated heterocycles. The molecule has 4 nitrogen and oxygen atoms in total. The molecule has 0 aromatic heterocycles. The fraction of sp³-hybridized carbons (Fsp3) is 0.125. The van der Waals surface area contributed by atoms with Crippen molar-refractivity contribution in [3.05, 3.63) is 63.6 Å². The number of amides is 1. The first-order chi connectivity index (χ1) is 10.0. The van der Waals surface area contributed by atoms with Crippen molar-refractivity contribution in [2.24, 2.45) is 5.16 Å². The molecule has 0 radical (unpaired) electrons. The highest BCUT2D eigenvalue weighted by atomic mass is 79.9. The van der Waals surface area contributed by atoms with E-state index in [4.69, 9.17) is 5.21 Å². The number of oxime groups is 1. The van der Waals surface area contributed by atoms with Crippen LogP contribution in [0.3, 0.4) is 0 Å². The Morgan fingerprint density at radius 2 is 1.95 bits per heavy atom. The number of nitrogens with zero attached hydrogens (tertiary/aromatic N) is 1. The Balaban J connectivity index is 2.21. The summed E-state index contributed by atoms with van der Waals surface area (Å²) in [6.07, 6.45) is 0. The van der Waals surface area contributed by atoms with Gasteiger partial charge in [0.1, 0.15) is 0 Å². The van der Waals surface area contributed by atoms with E-state index in [1.165, 1.54) is 0 Å². The van der Waals surface area contributed by atoms with Crippen LogP contribution in [0.1, 0.15) is 28.4 Å². The van der Waals surface area contributed by atoms with Crippen molar-refractivity contribution < 1.29 is 10.0 Å². The number of hydrogen-bond donors (Lipinski definition) is 2. The molecule has 0 aliphatic rings. The molecule has 0 heterocycles. The predicted molar refractivity (Wildman–Crippen MR) is 87.3 cm³/mol. The summed E-state index contributed by atoms with van der Waals surface area (Å²) in [4.78, 5) is 12.2. The molecule has 0 fully saturated rings. The second-order valence-corrected chi connectivity index (χ2v) is 5.54. The molecule has 2 rings (SSSR count). The first kappa shape index (κ1) is 15.3. The largest absolute Gasteiger partial charge is 0.411 e. The summed E-state index contributed by atoms with van der Waals surface area (Å²) in [6, 6.07) is 12.6. The molecule has 108 valence electrons. The maximum absolute atomic E-state index is 12.2. The molecule has 1 amide bonds. The van der Waals surface area contributed by atoms with Crippen LogP contribution < -0.4 is 5.32 Å². The van der Waals surface area contributed by atoms with Crippen molar-refractivity contribution in [3.63, 3.8) is 0 Å². The number of carbonyl (C=O) groups excluding carboxylic acids is 1. The minimum atomic E-state index is -0.188. The first-order valence-corrected chi connectivity index (χ1v) is 7.17. The quantitative estimate of drug-likeness (QED) is 0.496. The van der Waals surface area contributed by atoms with Crippen molar-refractivity contribution in [2.45, 2.75) is 13.8 Å². The van der Waals surface area contributed by atoms with Gasteiger partial charge in [0.05, 0.1) is 5.71 Å². The van der Waals surface area contributed by atoms with Crippen LogP contribution in [0, 0.1) is 6.92 Å². The highest BCUT2D eigenvalue weighted by molar-refractivity contribution is 9.10. The lowest BCUT2D eigenvalue weighted by Crippen LogP contribution is -2.12. The van der Waals surface area contributed by atoms with E-state index >= 15 is 0 Å². The third-order valence-electron chi connectivity index (χ3n) is 3.12. The maximum atomic E-state index is 12.2. The van der Waals surface area contributed by atoms with Gasteiger partial charge in [0, 0.05) is 21.3 Å². The summed E-state index contributed by atoms with van der Waals surface area (Å²) >= 11 is 3.42. The van der Waals surface area contributed by atoms with Crippen molar-refractivity contribution in [1.29, 1.82) is 0 Å². The number of halogens is 1. The second kappa shape index (κ2) is 6.54. The van der Waals surface area contributed by atoms with Crippen LogP contribution in [0.15, 0.2) is 52.1 Å². The smallest absolute Gasteiger partial charge is 0.255 e. The Bertz CT molecular complexity index is 711. The third kappa shape index (κ3) is 3.70. The lowest BCUT2D eigenvalue weighted by atomic mass is 10.1. The molecule has 5 heteroatoms. The van der Waals surface area contributed by atoms with Crippen LogP contribution >= 0.6 is 15.9 Å². The molecule has 0 aliphatic heterocycles. The number of hydrogen-bond acceptors (Lipinski definition) is 3. The highest BCUT2D eigenvalue weighted by Gasteiger charge is 2.08. The highest BCUT2D eigenvalue weighted by Crippen LogP contribution is 2.19. The van der Waals surface area contributed by atoms with Crippen LogP contribution in [0.4, 0.5) is 5.69 Å². The molecule has 0 spiro atoms. The molecule has 2 aromatic carbocycles. The summed E-state index contributed by atoms with van der Waals surface area (Å²) in [6.45, 7) is 3.66. The number of carbonyl (C=O) groups is 1. The SMILES string of the molecule is C/C(=N/O)c1cccc(NC(=O)c2ccc(C)c(Br)c2)c1. The molecule has 0 saturated carbocycles. The first-order valence-electron chi connectivity index (χ1n) is 6.38. The Kier molecular flexibility index (Phi) is 4.75. The van der Waals surface area contributed by atoms with Gasteiger partial charge in [0.2, 0.25) is 0 Å². The van der Waals surface area contributed by atoms with Crippen molar-refractivity contribution in [3.8, 4) is 0 Å². The molecule has 0 unspecified atom stereocenters. The Morgan fingerprint density at radius 1 is 1.19 bits per heavy atom. The molecule has 0 bridgehead atoms. The van der Waals surface area contributed by atoms with Gasteiger partial charge in [0.15, 0.2) is 0 Å². The molecular formula is C16H15BrN2O2. The zero-order chi connectivity index (χ0) is 15.4. The summed E-state index contributed by atoms with van der Waals surface area (Å²) in [5, 5.41) is 14.8. The average Bonchev–Trinajstić information content (AvgIpc) is 2.49. The molecule has 0 aliphatic carbocycles. The van der Waals surface area contributed by atoms with Crippen LogP contribution in [-0.2, 0) is 0 Å². The Labute approximate surface area is 131 Å². The van der Waals surface area contributed by atoms with E-state index in [1.807, 2.05) is 19.1 Å². The number of benzene rings is 2. The van der Waals surface area contributed by atoms with E-state index in [2.05, 4.69) is 26.4 Å². The van der Waals surface area contributed by atoms with E-state index in [0.717, 1.165) is 15.6 Å². The number of rotatable bonds is 3. The monoisotopic (exact) mass is 346 g/mol. The van der Waals surface area contributed by atoms with Gasteiger partial charge in [0.25, 0.3) is 5.91 Å². The van der Waals surface area contributed by atoms with Crippen molar-refractivity contribution >= 4 is 33.2 Å². The zero-order valence-electron chi connectivity index (χ0n) is 11.7. The standard InChI is InChI=1S/C16H15BrN2O2/c1-10-6-7-13(9-15(10)17)16(20)18-14-5-3-4-12(8-14)11(2)19-21/h3-9,21H,1-2H3,(H,18,20)/b19-11-. The molecule has 0 atom stereocenters. The van der Waals surface area contributed by atoms with Gasteiger partial charge >= 0.3 is 0 Å². The van der Waals surface area contributed by atoms with Crippen molar-refractivity contribution in [2.75, 3.05) is 5.32 Å². The van der Waals surface area contributed by atoms with Gasteiger partial charge in [-0.3, -0.25) is 4.79 Å². The van der Waals surface area contributed by atoms with Gasteiger partial charge in [-0.15, -0.1) is 0 Å². The molecule has 2 aromatic rings. The maximum Gasteiger partial charge on any atom is 0.255 e. The number of nitrogens with one attached hydrogen (secondary N) is 1. The summed E-state index contributed by atoms with van der Waals surface area (Å²) in [5.41, 5.74) is 3.54. The topological polar surface area (TPSA) is 61.7 Å². The average molecular weight is 347 g/mol. The molecular weight excluding hydrogens is 332 g/mol. The van der Waals surface area contributed by atoms with Gasteiger partial charge in [-0.2, -0.15) is 0 Å². The van der Waals surface area contributed by atoms with E-state index in [-0.39, 0.29) is 5.91 Å². The summed E-state index contributed by atoms with van der Waals surface area (Å²) in [5.74, 6) is -0.188. The predicted octanol–water partition coefficient (Wildman–Crippen LogP) is 4.21. The molecule has 2 N–H and O–H groups in total. The number of aryl methyl sites for hydroxylation is 1. The van der Waals surface area contributed by atoms with E-state index in [0.29, 0.717) is 17.0 Å². The van der Waals surface area contributed by atoms with Crippen molar-refractivity contribution in [1.82, 2.24) is 0 Å². The Morgan fingerprint density at radius 3 is 2.62 bits per heavy atom. The van der Waals surface area contributed by atoms with Gasteiger partial charge < -0.3 is 10.5 Å². The fourth-order valence-corrected chi connectivity index (χ4v) is 2.20. The van der Waals surface area contributed by atoms with E-state index in [1.54, 1.807) is 37.3 Å². The fourth-order valence-electron chi connectivity index (χ4n) is 1.82.